The number of carbonyl (C=O) groups is 2. The molecule has 0 unspecified atom stereocenters. The predicted octanol–water partition coefficient (Wildman–Crippen LogP) is 5.90. The number of hydrogen-bond donors (Lipinski definition) is 2. The normalized spacial score (nSPS) is 10.5. The first-order valence-electron chi connectivity index (χ1n) is 9.04. The summed E-state index contributed by atoms with van der Waals surface area (Å²) in [5.74, 6) is 0.319. The van der Waals surface area contributed by atoms with Gasteiger partial charge >= 0.3 is 0 Å². The van der Waals surface area contributed by atoms with Crippen LogP contribution in [0.15, 0.2) is 59.0 Å². The van der Waals surface area contributed by atoms with Gasteiger partial charge in [-0.2, -0.15) is 0 Å². The molecule has 0 saturated carbocycles. The highest BCUT2D eigenvalue weighted by Gasteiger charge is 2.13. The molecule has 0 aliphatic carbocycles. The lowest BCUT2D eigenvalue weighted by atomic mass is 10.1. The fourth-order valence-corrected chi connectivity index (χ4v) is 2.86. The van der Waals surface area contributed by atoms with Gasteiger partial charge in [-0.25, -0.2) is 0 Å². The summed E-state index contributed by atoms with van der Waals surface area (Å²) in [7, 11) is 0. The zero-order valence-electron chi connectivity index (χ0n) is 15.7. The monoisotopic (exact) mass is 396 g/mol. The maximum Gasteiger partial charge on any atom is 0.291 e. The Balaban J connectivity index is 1.71. The smallest absolute Gasteiger partial charge is 0.291 e. The molecule has 3 rings (SSSR count). The fourth-order valence-electron chi connectivity index (χ4n) is 2.68. The molecule has 2 amide bonds. The minimum Gasteiger partial charge on any atom is -0.451 e. The molecule has 0 atom stereocenters. The van der Waals surface area contributed by atoms with Crippen molar-refractivity contribution in [3.8, 4) is 11.3 Å². The minimum atomic E-state index is -0.374. The van der Waals surface area contributed by atoms with Crippen LogP contribution in [0.2, 0.25) is 5.02 Å². The highest BCUT2D eigenvalue weighted by Crippen LogP contribution is 2.27. The van der Waals surface area contributed by atoms with E-state index in [-0.39, 0.29) is 17.6 Å². The largest absolute Gasteiger partial charge is 0.451 e. The van der Waals surface area contributed by atoms with Crippen LogP contribution in [0, 0.1) is 6.92 Å². The van der Waals surface area contributed by atoms with Crippen LogP contribution in [0.5, 0.6) is 0 Å². The highest BCUT2D eigenvalue weighted by atomic mass is 35.5. The SMILES string of the molecule is CCCC(=O)Nc1cccc(NC(=O)c2ccc(-c3ccc(C)c(Cl)c3)o2)c1. The van der Waals surface area contributed by atoms with Gasteiger partial charge in [-0.1, -0.05) is 36.7 Å². The molecule has 1 aromatic heterocycles. The predicted molar refractivity (Wildman–Crippen MR) is 112 cm³/mol. The molecule has 3 aromatic rings. The van der Waals surface area contributed by atoms with Gasteiger partial charge in [-0.15, -0.1) is 0 Å². The summed E-state index contributed by atoms with van der Waals surface area (Å²) in [4.78, 5) is 24.2. The summed E-state index contributed by atoms with van der Waals surface area (Å²) in [6.07, 6.45) is 1.23. The Bertz CT molecular complexity index is 1010. The zero-order valence-corrected chi connectivity index (χ0v) is 16.5. The Kier molecular flexibility index (Phi) is 6.16. The van der Waals surface area contributed by atoms with Gasteiger partial charge in [-0.05, 0) is 55.3 Å². The number of halogens is 1. The molecule has 28 heavy (non-hydrogen) atoms. The van der Waals surface area contributed by atoms with Gasteiger partial charge < -0.3 is 15.1 Å². The number of furan rings is 1. The summed E-state index contributed by atoms with van der Waals surface area (Å²) < 4.78 is 5.68. The topological polar surface area (TPSA) is 71.3 Å². The van der Waals surface area contributed by atoms with Crippen LogP contribution in [0.25, 0.3) is 11.3 Å². The van der Waals surface area contributed by atoms with Crippen molar-refractivity contribution in [3.63, 3.8) is 0 Å². The second-order valence-electron chi connectivity index (χ2n) is 6.46. The summed E-state index contributed by atoms with van der Waals surface area (Å²) in [6.45, 7) is 3.87. The van der Waals surface area contributed by atoms with E-state index in [0.717, 1.165) is 17.5 Å². The highest BCUT2D eigenvalue weighted by molar-refractivity contribution is 6.31. The van der Waals surface area contributed by atoms with E-state index in [4.69, 9.17) is 16.0 Å². The molecule has 0 spiro atoms. The van der Waals surface area contributed by atoms with Crippen LogP contribution in [0.4, 0.5) is 11.4 Å². The van der Waals surface area contributed by atoms with Gasteiger partial charge in [0.25, 0.3) is 5.91 Å². The summed E-state index contributed by atoms with van der Waals surface area (Å²) in [5.41, 5.74) is 2.97. The van der Waals surface area contributed by atoms with Crippen molar-refractivity contribution < 1.29 is 14.0 Å². The number of carbonyl (C=O) groups excluding carboxylic acids is 2. The van der Waals surface area contributed by atoms with Crippen molar-refractivity contribution in [2.45, 2.75) is 26.7 Å². The molecule has 0 radical (unpaired) electrons. The molecule has 0 aliphatic rings. The Morgan fingerprint density at radius 3 is 2.46 bits per heavy atom. The first kappa shape index (κ1) is 19.7. The average Bonchev–Trinajstić information content (AvgIpc) is 3.15. The average molecular weight is 397 g/mol. The first-order chi connectivity index (χ1) is 13.5. The van der Waals surface area contributed by atoms with Gasteiger partial charge in [0.2, 0.25) is 5.91 Å². The summed E-state index contributed by atoms with van der Waals surface area (Å²) in [5, 5.41) is 6.23. The Labute approximate surface area is 168 Å². The van der Waals surface area contributed by atoms with Crippen LogP contribution in [-0.4, -0.2) is 11.8 Å². The third-order valence-corrected chi connectivity index (χ3v) is 4.57. The molecule has 0 fully saturated rings. The number of benzene rings is 2. The molecule has 0 saturated heterocycles. The third-order valence-electron chi connectivity index (χ3n) is 4.17. The molecule has 0 bridgehead atoms. The molecular weight excluding hydrogens is 376 g/mol. The number of nitrogens with one attached hydrogen (secondary N) is 2. The van der Waals surface area contributed by atoms with Crippen LogP contribution in [-0.2, 0) is 4.79 Å². The number of amides is 2. The Morgan fingerprint density at radius 1 is 1.00 bits per heavy atom. The molecule has 0 aliphatic heterocycles. The van der Waals surface area contributed by atoms with Crippen LogP contribution < -0.4 is 10.6 Å². The van der Waals surface area contributed by atoms with Crippen LogP contribution in [0.1, 0.15) is 35.9 Å². The van der Waals surface area contributed by atoms with Gasteiger partial charge in [0, 0.05) is 28.4 Å². The first-order valence-corrected chi connectivity index (χ1v) is 9.41. The number of anilines is 2. The van der Waals surface area contributed by atoms with E-state index in [1.807, 2.05) is 26.0 Å². The lowest BCUT2D eigenvalue weighted by Gasteiger charge is -2.08. The van der Waals surface area contributed by atoms with E-state index in [0.29, 0.717) is 28.6 Å². The number of rotatable bonds is 6. The van der Waals surface area contributed by atoms with Crippen molar-refractivity contribution in [1.82, 2.24) is 0 Å². The molecule has 144 valence electrons. The van der Waals surface area contributed by atoms with E-state index in [9.17, 15) is 9.59 Å². The van der Waals surface area contributed by atoms with E-state index >= 15 is 0 Å². The van der Waals surface area contributed by atoms with Gasteiger partial charge in [-0.3, -0.25) is 9.59 Å². The van der Waals surface area contributed by atoms with Gasteiger partial charge in [0.05, 0.1) is 0 Å². The Morgan fingerprint density at radius 2 is 1.75 bits per heavy atom. The molecule has 6 heteroatoms. The lowest BCUT2D eigenvalue weighted by Crippen LogP contribution is -2.13. The van der Waals surface area contributed by atoms with Crippen molar-refractivity contribution in [3.05, 3.63) is 70.9 Å². The number of hydrogen-bond acceptors (Lipinski definition) is 3. The van der Waals surface area contributed by atoms with Crippen molar-refractivity contribution >= 4 is 34.8 Å². The second-order valence-corrected chi connectivity index (χ2v) is 6.87. The molecule has 2 aromatic carbocycles. The summed E-state index contributed by atoms with van der Waals surface area (Å²) >= 11 is 6.16. The molecule has 1 heterocycles. The van der Waals surface area contributed by atoms with E-state index in [1.165, 1.54) is 0 Å². The fraction of sp³-hybridized carbons (Fsp3) is 0.182. The van der Waals surface area contributed by atoms with E-state index < -0.39 is 0 Å². The van der Waals surface area contributed by atoms with Gasteiger partial charge in [0.1, 0.15) is 5.76 Å². The molecule has 5 nitrogen and oxygen atoms in total. The number of aryl methyl sites for hydroxylation is 1. The van der Waals surface area contributed by atoms with Crippen molar-refractivity contribution in [1.29, 1.82) is 0 Å². The zero-order chi connectivity index (χ0) is 20.1. The minimum absolute atomic E-state index is 0.0570. The standard InChI is InChI=1S/C22H21ClN2O3/c1-3-5-21(26)24-16-6-4-7-17(13-16)25-22(27)20-11-10-19(28-20)15-9-8-14(2)18(23)12-15/h4,6-13H,3,5H2,1-2H3,(H,24,26)(H,25,27). The maximum atomic E-state index is 12.5. The van der Waals surface area contributed by atoms with Crippen LogP contribution in [0.3, 0.4) is 0 Å². The molecular formula is C22H21ClN2O3. The maximum absolute atomic E-state index is 12.5. The lowest BCUT2D eigenvalue weighted by molar-refractivity contribution is -0.116. The van der Waals surface area contributed by atoms with E-state index in [2.05, 4.69) is 10.6 Å². The van der Waals surface area contributed by atoms with Gasteiger partial charge in [0.15, 0.2) is 5.76 Å². The third kappa shape index (κ3) is 4.81. The van der Waals surface area contributed by atoms with Crippen molar-refractivity contribution in [2.75, 3.05) is 10.6 Å². The summed E-state index contributed by atoms with van der Waals surface area (Å²) in [6, 6.07) is 15.9. The van der Waals surface area contributed by atoms with E-state index in [1.54, 1.807) is 42.5 Å². The van der Waals surface area contributed by atoms with Crippen LogP contribution >= 0.6 is 11.6 Å². The Hall–Kier alpha value is -3.05. The second kappa shape index (κ2) is 8.76. The quantitative estimate of drug-likeness (QED) is 0.544. The molecule has 2 N–H and O–H groups in total. The van der Waals surface area contributed by atoms with Crippen molar-refractivity contribution in [2.24, 2.45) is 0 Å².